The Labute approximate surface area is 162 Å². The van der Waals surface area contributed by atoms with Gasteiger partial charge in [0.2, 0.25) is 0 Å². The van der Waals surface area contributed by atoms with Crippen LogP contribution in [-0.4, -0.2) is 36.5 Å². The number of halogens is 4. The third-order valence-corrected chi connectivity index (χ3v) is 5.18. The number of rotatable bonds is 3. The molecule has 9 heteroatoms. The van der Waals surface area contributed by atoms with Crippen LogP contribution in [0.1, 0.15) is 11.1 Å². The van der Waals surface area contributed by atoms with Gasteiger partial charge in [0.1, 0.15) is 23.4 Å². The number of nitrogens with zero attached hydrogens (tertiary/aromatic N) is 2. The van der Waals surface area contributed by atoms with Gasteiger partial charge in [-0.25, -0.2) is 0 Å². The molecule has 5 nitrogen and oxygen atoms in total. The summed E-state index contributed by atoms with van der Waals surface area (Å²) in [6, 6.07) is 13.5. The third kappa shape index (κ3) is 3.19. The van der Waals surface area contributed by atoms with E-state index in [1.165, 1.54) is 12.1 Å². The van der Waals surface area contributed by atoms with Gasteiger partial charge >= 0.3 is 6.36 Å². The van der Waals surface area contributed by atoms with Gasteiger partial charge in [-0.1, -0.05) is 40.2 Å². The first-order chi connectivity index (χ1) is 12.8. The molecule has 2 aromatic carbocycles. The lowest BCUT2D eigenvalue weighted by atomic mass is 9.82. The largest absolute Gasteiger partial charge is 0.573 e. The van der Waals surface area contributed by atoms with Gasteiger partial charge in [-0.2, -0.15) is 0 Å². The van der Waals surface area contributed by atoms with E-state index in [0.717, 1.165) is 21.4 Å². The summed E-state index contributed by atoms with van der Waals surface area (Å²) >= 11 is 3.48. The minimum absolute atomic E-state index is 0.275. The fraction of sp³-hybridized carbons (Fsp3) is 0.278. The van der Waals surface area contributed by atoms with E-state index in [1.807, 2.05) is 29.2 Å². The summed E-state index contributed by atoms with van der Waals surface area (Å²) in [5, 5.41) is 3.39. The highest BCUT2D eigenvalue weighted by Gasteiger charge is 2.52. The first-order valence-corrected chi connectivity index (χ1v) is 9.06. The zero-order chi connectivity index (χ0) is 19.2. The summed E-state index contributed by atoms with van der Waals surface area (Å²) in [5.41, 5.74) is 7.04. The van der Waals surface area contributed by atoms with E-state index >= 15 is 0 Å². The quantitative estimate of drug-likeness (QED) is 0.769. The Kier molecular flexibility index (Phi) is 4.40. The second kappa shape index (κ2) is 6.50. The lowest BCUT2D eigenvalue weighted by molar-refractivity contribution is -0.274. The number of amidine groups is 1. The van der Waals surface area contributed by atoms with Crippen molar-refractivity contribution in [1.29, 1.82) is 0 Å². The van der Waals surface area contributed by atoms with E-state index in [1.54, 1.807) is 12.1 Å². The van der Waals surface area contributed by atoms with Gasteiger partial charge in [0.25, 0.3) is 0 Å². The van der Waals surface area contributed by atoms with Gasteiger partial charge < -0.3 is 9.64 Å². The van der Waals surface area contributed by atoms with Crippen molar-refractivity contribution in [3.8, 4) is 5.75 Å². The lowest BCUT2D eigenvalue weighted by Crippen LogP contribution is -2.48. The molecular weight excluding hydrogens is 425 g/mol. The highest BCUT2D eigenvalue weighted by atomic mass is 79.9. The summed E-state index contributed by atoms with van der Waals surface area (Å²) in [5.74, 6) is 0.487. The molecule has 0 saturated carbocycles. The van der Waals surface area contributed by atoms with E-state index in [-0.39, 0.29) is 5.75 Å². The Balaban J connectivity index is 1.83. The Hall–Kier alpha value is -2.10. The first kappa shape index (κ1) is 18.3. The molecule has 0 aliphatic carbocycles. The van der Waals surface area contributed by atoms with Crippen molar-refractivity contribution in [1.82, 2.24) is 10.2 Å². The third-order valence-electron chi connectivity index (χ3n) is 4.69. The summed E-state index contributed by atoms with van der Waals surface area (Å²) in [7, 11) is 0. The fourth-order valence-electron chi connectivity index (χ4n) is 3.65. The predicted molar refractivity (Wildman–Crippen MR) is 98.2 cm³/mol. The molecule has 27 heavy (non-hydrogen) atoms. The van der Waals surface area contributed by atoms with E-state index < -0.39 is 18.2 Å². The smallest absolute Gasteiger partial charge is 0.406 e. The number of benzene rings is 2. The van der Waals surface area contributed by atoms with Crippen LogP contribution in [0.2, 0.25) is 0 Å². The Morgan fingerprint density at radius 1 is 1.19 bits per heavy atom. The number of hydrogen-bond donors (Lipinski definition) is 2. The van der Waals surface area contributed by atoms with Crippen LogP contribution >= 0.6 is 15.9 Å². The van der Waals surface area contributed by atoms with Gasteiger partial charge in [-0.15, -0.1) is 13.2 Å². The number of aliphatic imine (C=N–C) groups is 1. The van der Waals surface area contributed by atoms with Crippen molar-refractivity contribution in [3.63, 3.8) is 0 Å². The summed E-state index contributed by atoms with van der Waals surface area (Å²) in [6.07, 6.45) is -5.18. The molecule has 2 aliphatic rings. The monoisotopic (exact) mass is 440 g/mol. The van der Waals surface area contributed by atoms with E-state index in [4.69, 9.17) is 5.73 Å². The maximum atomic E-state index is 12.5. The van der Waals surface area contributed by atoms with Crippen molar-refractivity contribution in [2.24, 2.45) is 10.7 Å². The number of nitrogens with two attached hydrogens (primary N) is 1. The topological polar surface area (TPSA) is 62.9 Å². The number of hydrogen-bond acceptors (Lipinski definition) is 5. The Morgan fingerprint density at radius 2 is 1.93 bits per heavy atom. The van der Waals surface area contributed by atoms with Crippen LogP contribution in [0.4, 0.5) is 13.2 Å². The van der Waals surface area contributed by atoms with E-state index in [0.29, 0.717) is 13.1 Å². The molecule has 1 saturated heterocycles. The average molecular weight is 441 g/mol. The predicted octanol–water partition coefficient (Wildman–Crippen LogP) is 3.15. The molecule has 0 aromatic heterocycles. The molecule has 0 spiro atoms. The normalized spacial score (nSPS) is 24.7. The zero-order valence-electron chi connectivity index (χ0n) is 14.0. The van der Waals surface area contributed by atoms with Crippen LogP contribution < -0.4 is 15.8 Å². The average Bonchev–Trinajstić information content (AvgIpc) is 3.18. The SMILES string of the molecule is NC1NC(c2ccc(OC(F)(F)F)cc2)(c2cccc(Br)c2)C2=NCCN21. The van der Waals surface area contributed by atoms with Crippen molar-refractivity contribution in [2.75, 3.05) is 13.1 Å². The number of alkyl halides is 3. The Bertz CT molecular complexity index is 887. The van der Waals surface area contributed by atoms with E-state index in [9.17, 15) is 13.2 Å². The van der Waals surface area contributed by atoms with Crippen molar-refractivity contribution >= 4 is 21.8 Å². The molecule has 0 radical (unpaired) electrons. The van der Waals surface area contributed by atoms with Gasteiger partial charge in [0.05, 0.1) is 6.54 Å². The molecule has 2 atom stereocenters. The molecule has 0 amide bonds. The Morgan fingerprint density at radius 3 is 2.59 bits per heavy atom. The summed E-state index contributed by atoms with van der Waals surface area (Å²) in [6.45, 7) is 1.31. The lowest BCUT2D eigenvalue weighted by Gasteiger charge is -2.31. The molecule has 2 unspecified atom stereocenters. The van der Waals surface area contributed by atoms with Gasteiger partial charge in [0, 0.05) is 11.0 Å². The molecule has 2 aliphatic heterocycles. The van der Waals surface area contributed by atoms with Gasteiger partial charge in [-0.05, 0) is 35.4 Å². The number of fused-ring (bicyclic) bond motifs is 1. The second-order valence-electron chi connectivity index (χ2n) is 6.32. The van der Waals surface area contributed by atoms with Crippen LogP contribution in [-0.2, 0) is 5.54 Å². The molecule has 0 bridgehead atoms. The van der Waals surface area contributed by atoms with Gasteiger partial charge in [-0.3, -0.25) is 16.0 Å². The minimum Gasteiger partial charge on any atom is -0.406 e. The molecule has 4 rings (SSSR count). The van der Waals surface area contributed by atoms with Crippen LogP contribution in [0, 0.1) is 0 Å². The molecule has 2 aromatic rings. The second-order valence-corrected chi connectivity index (χ2v) is 7.24. The van der Waals surface area contributed by atoms with Crippen molar-refractivity contribution < 1.29 is 17.9 Å². The number of ether oxygens (including phenoxy) is 1. The minimum atomic E-state index is -4.73. The highest BCUT2D eigenvalue weighted by molar-refractivity contribution is 9.10. The van der Waals surface area contributed by atoms with E-state index in [2.05, 4.69) is 31.0 Å². The highest BCUT2D eigenvalue weighted by Crippen LogP contribution is 2.40. The molecule has 3 N–H and O–H groups in total. The molecule has 2 heterocycles. The van der Waals surface area contributed by atoms with Crippen molar-refractivity contribution in [3.05, 3.63) is 64.1 Å². The van der Waals surface area contributed by atoms with Crippen LogP contribution in [0.15, 0.2) is 58.0 Å². The maximum Gasteiger partial charge on any atom is 0.573 e. The maximum absolute atomic E-state index is 12.5. The standard InChI is InChI=1S/C18H16BrF3N4O/c19-13-3-1-2-12(10-13)17(15-24-8-9-26(15)16(23)25-17)11-4-6-14(7-5-11)27-18(20,21)22/h1-7,10,16,25H,8-9,23H2. The zero-order valence-corrected chi connectivity index (χ0v) is 15.6. The summed E-state index contributed by atoms with van der Waals surface area (Å²) < 4.78 is 42.3. The van der Waals surface area contributed by atoms with Crippen molar-refractivity contribution in [2.45, 2.75) is 18.2 Å². The molecule has 142 valence electrons. The van der Waals surface area contributed by atoms with Crippen LogP contribution in [0.5, 0.6) is 5.75 Å². The van der Waals surface area contributed by atoms with Gasteiger partial charge in [0.15, 0.2) is 0 Å². The molecule has 1 fully saturated rings. The first-order valence-electron chi connectivity index (χ1n) is 8.27. The summed E-state index contributed by atoms with van der Waals surface area (Å²) in [4.78, 5) is 6.61. The van der Waals surface area contributed by atoms with Crippen LogP contribution in [0.25, 0.3) is 0 Å². The number of nitrogens with one attached hydrogen (secondary N) is 1. The molecular formula is C18H16BrF3N4O. The van der Waals surface area contributed by atoms with Crippen LogP contribution in [0.3, 0.4) is 0 Å². The fourth-order valence-corrected chi connectivity index (χ4v) is 4.05.